The quantitative estimate of drug-likeness (QED) is 0.495. The average Bonchev–Trinajstić information content (AvgIpc) is 3.28. The average molecular weight is 456 g/mol. The van der Waals surface area contributed by atoms with Gasteiger partial charge >= 0.3 is 0 Å². The Balaban J connectivity index is 1.42. The predicted octanol–water partition coefficient (Wildman–Crippen LogP) is 3.19. The zero-order chi connectivity index (χ0) is 23.1. The first-order valence-electron chi connectivity index (χ1n) is 11.1. The molecule has 0 amide bonds. The smallest absolute Gasteiger partial charge is 0.216 e. The monoisotopic (exact) mass is 455 g/mol. The van der Waals surface area contributed by atoms with E-state index < -0.39 is 0 Å². The van der Waals surface area contributed by atoms with Crippen molar-refractivity contribution >= 4 is 22.9 Å². The van der Waals surface area contributed by atoms with Gasteiger partial charge in [0.15, 0.2) is 11.5 Å². The summed E-state index contributed by atoms with van der Waals surface area (Å²) in [5.41, 5.74) is 4.03. The molecule has 0 fully saturated rings. The summed E-state index contributed by atoms with van der Waals surface area (Å²) in [7, 11) is 3.29. The highest BCUT2D eigenvalue weighted by Crippen LogP contribution is 2.37. The minimum Gasteiger partial charge on any atom is -0.493 e. The first-order valence-corrected chi connectivity index (χ1v) is 11.1. The molecule has 0 saturated carbocycles. The van der Waals surface area contributed by atoms with Crippen LogP contribution >= 0.6 is 0 Å². The third-order valence-corrected chi connectivity index (χ3v) is 6.20. The summed E-state index contributed by atoms with van der Waals surface area (Å²) in [6.45, 7) is 1.95. The largest absolute Gasteiger partial charge is 0.493 e. The van der Waals surface area contributed by atoms with Crippen molar-refractivity contribution in [1.82, 2.24) is 24.8 Å². The second-order valence-corrected chi connectivity index (χ2v) is 8.27. The fraction of sp³-hybridized carbons (Fsp3) is 0.240. The maximum atomic E-state index is 5.57. The van der Waals surface area contributed by atoms with Crippen molar-refractivity contribution in [2.75, 3.05) is 32.5 Å². The third-order valence-electron chi connectivity index (χ3n) is 6.20. The zero-order valence-corrected chi connectivity index (χ0v) is 19.0. The molecular weight excluding hydrogens is 430 g/mol. The van der Waals surface area contributed by atoms with Crippen LogP contribution in [0.4, 0.5) is 5.95 Å². The first kappa shape index (κ1) is 20.5. The zero-order valence-electron chi connectivity index (χ0n) is 19.0. The van der Waals surface area contributed by atoms with E-state index in [0.717, 1.165) is 34.2 Å². The molecular formula is C25H25N7O2. The van der Waals surface area contributed by atoms with Crippen molar-refractivity contribution in [1.29, 1.82) is 0 Å². The van der Waals surface area contributed by atoms with Crippen LogP contribution in [0.3, 0.4) is 0 Å². The fourth-order valence-corrected chi connectivity index (χ4v) is 4.59. The van der Waals surface area contributed by atoms with Crippen molar-refractivity contribution in [3.05, 3.63) is 78.1 Å². The molecule has 9 nitrogen and oxygen atoms in total. The molecule has 2 aliphatic rings. The highest BCUT2D eigenvalue weighted by Gasteiger charge is 2.36. The molecule has 0 saturated heterocycles. The van der Waals surface area contributed by atoms with Gasteiger partial charge in [0.1, 0.15) is 6.17 Å². The molecule has 4 aromatic rings. The van der Waals surface area contributed by atoms with Crippen molar-refractivity contribution in [2.45, 2.75) is 12.7 Å². The Kier molecular flexibility index (Phi) is 5.03. The molecule has 0 radical (unpaired) electrons. The van der Waals surface area contributed by atoms with Gasteiger partial charge in [0.05, 0.1) is 44.3 Å². The number of aromatic nitrogens is 3. The summed E-state index contributed by atoms with van der Waals surface area (Å²) in [6, 6.07) is 20.1. The minimum absolute atomic E-state index is 0.195. The third kappa shape index (κ3) is 3.41. The maximum Gasteiger partial charge on any atom is 0.216 e. The summed E-state index contributed by atoms with van der Waals surface area (Å²) < 4.78 is 13.2. The standard InChI is InChI=1S/C25H25N7O2/c1-33-21-11-10-17(13-22(21)34-2)23-29-24-27-15-30(14-18-7-5-6-12-26-18)16-31(24)25-28-19-8-3-4-9-20(19)32(23)25/h3-13,23H,14-16H2,1-2H3,(H,27,29)/t23-/m1/s1. The molecule has 34 heavy (non-hydrogen) atoms. The van der Waals surface area contributed by atoms with Gasteiger partial charge in [-0.15, -0.1) is 0 Å². The van der Waals surface area contributed by atoms with Crippen LogP contribution in [0, 0.1) is 0 Å². The van der Waals surface area contributed by atoms with E-state index >= 15 is 0 Å². The maximum absolute atomic E-state index is 5.57. The lowest BCUT2D eigenvalue weighted by Crippen LogP contribution is -2.57. The first-order chi connectivity index (χ1) is 16.7. The fourth-order valence-electron chi connectivity index (χ4n) is 4.59. The van der Waals surface area contributed by atoms with Gasteiger partial charge in [-0.1, -0.05) is 24.3 Å². The van der Waals surface area contributed by atoms with Gasteiger partial charge < -0.3 is 14.8 Å². The van der Waals surface area contributed by atoms with E-state index in [1.54, 1.807) is 14.2 Å². The summed E-state index contributed by atoms with van der Waals surface area (Å²) >= 11 is 0. The van der Waals surface area contributed by atoms with E-state index in [2.05, 4.69) is 30.7 Å². The van der Waals surface area contributed by atoms with E-state index in [9.17, 15) is 0 Å². The Bertz CT molecular complexity index is 1370. The number of hydrogen-bond donors (Lipinski definition) is 1. The lowest BCUT2D eigenvalue weighted by molar-refractivity contribution is 0.261. The van der Waals surface area contributed by atoms with Crippen LogP contribution < -0.4 is 19.7 Å². The SMILES string of the molecule is COc1ccc([C@@H]2NC3=NCN(Cc4ccccn4)CN3c3nc4ccccc4n32)cc1OC. The van der Waals surface area contributed by atoms with E-state index in [4.69, 9.17) is 19.5 Å². The van der Waals surface area contributed by atoms with Crippen molar-refractivity contribution in [3.8, 4) is 11.5 Å². The molecule has 9 heteroatoms. The van der Waals surface area contributed by atoms with Crippen molar-refractivity contribution in [3.63, 3.8) is 0 Å². The topological polar surface area (TPSA) is 80.0 Å². The molecule has 2 aromatic heterocycles. The van der Waals surface area contributed by atoms with E-state index in [0.29, 0.717) is 31.4 Å². The van der Waals surface area contributed by atoms with Gasteiger partial charge in [0.25, 0.3) is 0 Å². The van der Waals surface area contributed by atoms with Crippen LogP contribution in [0.25, 0.3) is 11.0 Å². The molecule has 6 rings (SSSR count). The van der Waals surface area contributed by atoms with Crippen LogP contribution in [-0.2, 0) is 6.54 Å². The van der Waals surface area contributed by atoms with Crippen molar-refractivity contribution in [2.24, 2.45) is 4.99 Å². The van der Waals surface area contributed by atoms with Crippen LogP contribution in [0.1, 0.15) is 17.4 Å². The summed E-state index contributed by atoms with van der Waals surface area (Å²) in [4.78, 5) is 18.7. The summed E-state index contributed by atoms with van der Waals surface area (Å²) in [5.74, 6) is 3.03. The number of nitrogens with zero attached hydrogens (tertiary/aromatic N) is 6. The molecule has 0 bridgehead atoms. The molecule has 0 spiro atoms. The van der Waals surface area contributed by atoms with Crippen LogP contribution in [0.2, 0.25) is 0 Å². The van der Waals surface area contributed by atoms with Crippen molar-refractivity contribution < 1.29 is 9.47 Å². The highest BCUT2D eigenvalue weighted by atomic mass is 16.5. The van der Waals surface area contributed by atoms with E-state index in [1.165, 1.54) is 0 Å². The Morgan fingerprint density at radius 3 is 2.68 bits per heavy atom. The van der Waals surface area contributed by atoms with Crippen LogP contribution in [0.15, 0.2) is 71.9 Å². The molecule has 2 aliphatic heterocycles. The normalized spacial score (nSPS) is 17.5. The highest BCUT2D eigenvalue weighted by molar-refractivity contribution is 5.98. The number of imidazole rings is 1. The number of anilines is 1. The molecule has 0 unspecified atom stereocenters. The Morgan fingerprint density at radius 2 is 1.85 bits per heavy atom. The number of methoxy groups -OCH3 is 2. The predicted molar refractivity (Wildman–Crippen MR) is 130 cm³/mol. The van der Waals surface area contributed by atoms with Gasteiger partial charge in [-0.3, -0.25) is 19.4 Å². The van der Waals surface area contributed by atoms with Gasteiger partial charge in [0, 0.05) is 12.7 Å². The summed E-state index contributed by atoms with van der Waals surface area (Å²) in [5, 5.41) is 3.64. The number of benzene rings is 2. The Labute approximate surface area is 197 Å². The lowest BCUT2D eigenvalue weighted by atomic mass is 10.1. The van der Waals surface area contributed by atoms with Crippen LogP contribution in [-0.4, -0.2) is 53.0 Å². The minimum atomic E-state index is -0.195. The number of fused-ring (bicyclic) bond motifs is 5. The van der Waals surface area contributed by atoms with Gasteiger partial charge in [0.2, 0.25) is 11.9 Å². The summed E-state index contributed by atoms with van der Waals surface area (Å²) in [6.07, 6.45) is 1.63. The second kappa shape index (κ2) is 8.35. The molecule has 2 aromatic carbocycles. The molecule has 1 atom stereocenters. The van der Waals surface area contributed by atoms with Gasteiger partial charge in [-0.25, -0.2) is 9.98 Å². The second-order valence-electron chi connectivity index (χ2n) is 8.27. The number of aliphatic imine (C=N–C) groups is 1. The van der Waals surface area contributed by atoms with Gasteiger partial charge in [-0.05, 0) is 42.0 Å². The van der Waals surface area contributed by atoms with Crippen LogP contribution in [0.5, 0.6) is 11.5 Å². The number of pyridine rings is 1. The van der Waals surface area contributed by atoms with Gasteiger partial charge in [-0.2, -0.15) is 0 Å². The number of nitrogens with one attached hydrogen (secondary N) is 1. The molecule has 1 N–H and O–H groups in total. The number of guanidine groups is 1. The number of hydrogen-bond acceptors (Lipinski definition) is 8. The Hall–Kier alpha value is -4.11. The molecule has 172 valence electrons. The number of ether oxygens (including phenoxy) is 2. The number of rotatable bonds is 5. The molecule has 0 aliphatic carbocycles. The number of para-hydroxylation sites is 2. The molecule has 4 heterocycles. The Morgan fingerprint density at radius 1 is 1.00 bits per heavy atom. The van der Waals surface area contributed by atoms with E-state index in [1.807, 2.05) is 60.8 Å². The lowest BCUT2D eigenvalue weighted by Gasteiger charge is -2.41. The van der Waals surface area contributed by atoms with E-state index in [-0.39, 0.29) is 6.17 Å².